The van der Waals surface area contributed by atoms with Gasteiger partial charge in [-0.15, -0.1) is 0 Å². The fraction of sp³-hybridized carbons (Fsp3) is 0.410. The molecule has 3 aromatic rings. The lowest BCUT2D eigenvalue weighted by Gasteiger charge is -2.33. The van der Waals surface area contributed by atoms with Crippen molar-refractivity contribution >= 4 is 39.8 Å². The highest BCUT2D eigenvalue weighted by molar-refractivity contribution is 7.89. The maximum atomic E-state index is 14.7. The van der Waals surface area contributed by atoms with Crippen LogP contribution in [0.5, 0.6) is 0 Å². The number of benzene rings is 3. The van der Waals surface area contributed by atoms with Gasteiger partial charge in [0, 0.05) is 13.3 Å². The Morgan fingerprint density at radius 2 is 1.30 bits per heavy atom. The van der Waals surface area contributed by atoms with Gasteiger partial charge in [0.2, 0.25) is 11.8 Å². The van der Waals surface area contributed by atoms with Gasteiger partial charge in [0.25, 0.3) is 15.9 Å². The number of rotatable bonds is 20. The lowest BCUT2D eigenvalue weighted by atomic mass is 10.0. The van der Waals surface area contributed by atoms with E-state index in [1.807, 2.05) is 0 Å². The second-order valence-electron chi connectivity index (χ2n) is 12.8. The van der Waals surface area contributed by atoms with E-state index in [-0.39, 0.29) is 50.3 Å². The molecule has 0 heterocycles. The number of sulfonamides is 1. The topological polar surface area (TPSA) is 208 Å². The van der Waals surface area contributed by atoms with E-state index in [1.165, 1.54) is 12.1 Å². The molecule has 0 radical (unpaired) electrons. The molecular formula is C39H51N5O9S. The average molecular weight is 766 g/mol. The number of aryl methyl sites for hydroxylation is 1. The van der Waals surface area contributed by atoms with E-state index in [0.717, 1.165) is 19.6 Å². The molecule has 0 saturated heterocycles. The SMILES string of the molecule is COC(=O)[C@H](CCCCN)N(C(=O)OCc1ccccc1)C(=O)[C@H](Cc1ccccc1)NC(=O)[C@@H](CCCCN)N(C(C)=O)S(=O)(=O)c1ccc(C)cc1. The minimum atomic E-state index is -4.57. The summed E-state index contributed by atoms with van der Waals surface area (Å²) in [7, 11) is -3.45. The Hall–Kier alpha value is -5.12. The van der Waals surface area contributed by atoms with Gasteiger partial charge in [-0.05, 0) is 81.8 Å². The Balaban J connectivity index is 2.12. The molecule has 0 saturated carbocycles. The number of imide groups is 1. The summed E-state index contributed by atoms with van der Waals surface area (Å²) in [6.45, 7) is 3.11. The first-order chi connectivity index (χ1) is 25.8. The minimum Gasteiger partial charge on any atom is -0.467 e. The van der Waals surface area contributed by atoms with Gasteiger partial charge in [-0.2, -0.15) is 0 Å². The summed E-state index contributed by atoms with van der Waals surface area (Å²) in [5.41, 5.74) is 13.4. The van der Waals surface area contributed by atoms with E-state index in [4.69, 9.17) is 20.9 Å². The van der Waals surface area contributed by atoms with Crippen molar-refractivity contribution in [2.45, 2.75) is 88.4 Å². The third-order valence-corrected chi connectivity index (χ3v) is 10.6. The number of carbonyl (C=O) groups excluding carboxylic acids is 5. The first-order valence-corrected chi connectivity index (χ1v) is 19.3. The molecule has 14 nitrogen and oxygen atoms in total. The third kappa shape index (κ3) is 12.2. The summed E-state index contributed by atoms with van der Waals surface area (Å²) in [4.78, 5) is 69.9. The fourth-order valence-corrected chi connectivity index (χ4v) is 7.41. The van der Waals surface area contributed by atoms with E-state index < -0.39 is 57.9 Å². The second-order valence-corrected chi connectivity index (χ2v) is 14.6. The zero-order valence-corrected chi connectivity index (χ0v) is 31.8. The van der Waals surface area contributed by atoms with Crippen LogP contribution < -0.4 is 16.8 Å². The Bertz CT molecular complexity index is 1790. The van der Waals surface area contributed by atoms with Crippen LogP contribution in [0.1, 0.15) is 62.1 Å². The van der Waals surface area contributed by atoms with Crippen LogP contribution in [-0.4, -0.2) is 85.7 Å². The molecule has 3 atom stereocenters. The normalized spacial score (nSPS) is 12.8. The van der Waals surface area contributed by atoms with Crippen LogP contribution in [0.2, 0.25) is 0 Å². The van der Waals surface area contributed by atoms with E-state index in [9.17, 15) is 32.4 Å². The summed E-state index contributed by atoms with van der Waals surface area (Å²) < 4.78 is 39.1. The van der Waals surface area contributed by atoms with Crippen LogP contribution in [0.3, 0.4) is 0 Å². The zero-order chi connectivity index (χ0) is 39.7. The van der Waals surface area contributed by atoms with Crippen LogP contribution >= 0.6 is 0 Å². The summed E-state index contributed by atoms with van der Waals surface area (Å²) >= 11 is 0. The van der Waals surface area contributed by atoms with E-state index in [0.29, 0.717) is 39.6 Å². The molecule has 0 bridgehead atoms. The summed E-state index contributed by atoms with van der Waals surface area (Å²) in [6.07, 6.45) is 0.0224. The molecule has 4 amide bonds. The highest BCUT2D eigenvalue weighted by atomic mass is 32.2. The number of nitrogens with two attached hydrogens (primary N) is 2. The number of nitrogens with one attached hydrogen (secondary N) is 1. The van der Waals surface area contributed by atoms with Crippen molar-refractivity contribution in [3.63, 3.8) is 0 Å². The first kappa shape index (κ1) is 43.3. The Morgan fingerprint density at radius 1 is 0.759 bits per heavy atom. The number of hydrogen-bond donors (Lipinski definition) is 3. The Morgan fingerprint density at radius 3 is 1.81 bits per heavy atom. The van der Waals surface area contributed by atoms with E-state index >= 15 is 0 Å². The molecule has 3 rings (SSSR count). The largest absolute Gasteiger partial charge is 0.467 e. The van der Waals surface area contributed by atoms with Crippen molar-refractivity contribution in [1.82, 2.24) is 14.5 Å². The molecule has 54 heavy (non-hydrogen) atoms. The van der Waals surface area contributed by atoms with E-state index in [1.54, 1.807) is 79.7 Å². The molecule has 0 spiro atoms. The maximum Gasteiger partial charge on any atom is 0.417 e. The lowest BCUT2D eigenvalue weighted by Crippen LogP contribution is -2.60. The van der Waals surface area contributed by atoms with Crippen LogP contribution in [-0.2, 0) is 51.7 Å². The number of methoxy groups -OCH3 is 1. The molecule has 15 heteroatoms. The van der Waals surface area contributed by atoms with Gasteiger partial charge in [0.05, 0.1) is 12.0 Å². The van der Waals surface area contributed by atoms with E-state index in [2.05, 4.69) is 5.32 Å². The first-order valence-electron chi connectivity index (χ1n) is 17.8. The Labute approximate surface area is 317 Å². The van der Waals surface area contributed by atoms with Crippen molar-refractivity contribution in [2.24, 2.45) is 11.5 Å². The summed E-state index contributed by atoms with van der Waals surface area (Å²) in [5, 5.41) is 2.65. The number of unbranched alkanes of at least 4 members (excludes halogenated alkanes) is 2. The van der Waals surface area contributed by atoms with Gasteiger partial charge in [0.15, 0.2) is 0 Å². The minimum absolute atomic E-state index is 0.0172. The van der Waals surface area contributed by atoms with Crippen LogP contribution in [0, 0.1) is 6.92 Å². The average Bonchev–Trinajstić information content (AvgIpc) is 3.16. The monoisotopic (exact) mass is 765 g/mol. The zero-order valence-electron chi connectivity index (χ0n) is 31.0. The van der Waals surface area contributed by atoms with Crippen LogP contribution in [0.4, 0.5) is 4.79 Å². The third-order valence-electron chi connectivity index (χ3n) is 8.66. The number of hydrogen-bond acceptors (Lipinski definition) is 11. The van der Waals surface area contributed by atoms with Crippen LogP contribution in [0.15, 0.2) is 89.8 Å². The summed E-state index contributed by atoms with van der Waals surface area (Å²) in [6, 6.07) is 18.5. The summed E-state index contributed by atoms with van der Waals surface area (Å²) in [5.74, 6) is -3.80. The molecule has 5 N–H and O–H groups in total. The highest BCUT2D eigenvalue weighted by Gasteiger charge is 2.43. The highest BCUT2D eigenvalue weighted by Crippen LogP contribution is 2.24. The molecule has 292 valence electrons. The predicted octanol–water partition coefficient (Wildman–Crippen LogP) is 3.59. The number of carbonyl (C=O) groups is 5. The van der Waals surface area contributed by atoms with Gasteiger partial charge in [-0.3, -0.25) is 14.4 Å². The van der Waals surface area contributed by atoms with Crippen molar-refractivity contribution in [3.05, 3.63) is 102 Å². The maximum absolute atomic E-state index is 14.7. The van der Waals surface area contributed by atoms with Gasteiger partial charge >= 0.3 is 12.1 Å². The Kier molecular flexibility index (Phi) is 17.3. The predicted molar refractivity (Wildman–Crippen MR) is 202 cm³/mol. The van der Waals surface area contributed by atoms with Crippen molar-refractivity contribution in [2.75, 3.05) is 20.2 Å². The van der Waals surface area contributed by atoms with Crippen molar-refractivity contribution < 1.29 is 41.9 Å². The standard InChI is InChI=1S/C39H51N5O9S/c1-28-20-22-32(23-21-28)54(50,51)44(29(2)45)34(18-10-12-24-40)36(46)42-33(26-30-14-6-4-7-15-30)37(47)43(35(38(48)52-3)19-11-13-25-41)39(49)53-27-31-16-8-5-9-17-31/h4-9,14-17,20-23,33-35H,10-13,18-19,24-27,40-41H2,1-3H3,(H,42,46)/t33-,34+,35-/m0/s1. The number of nitrogens with zero attached hydrogens (tertiary/aromatic N) is 2. The van der Waals surface area contributed by atoms with Gasteiger partial charge in [0.1, 0.15) is 24.7 Å². The molecule has 0 aromatic heterocycles. The number of ether oxygens (including phenoxy) is 2. The van der Waals surface area contributed by atoms with Crippen LogP contribution in [0.25, 0.3) is 0 Å². The molecule has 0 aliphatic carbocycles. The lowest BCUT2D eigenvalue weighted by molar-refractivity contribution is -0.153. The van der Waals surface area contributed by atoms with Crippen molar-refractivity contribution in [1.29, 1.82) is 0 Å². The molecule has 0 aliphatic rings. The quantitative estimate of drug-likeness (QED) is 0.112. The number of amides is 4. The molecule has 3 aromatic carbocycles. The molecular weight excluding hydrogens is 715 g/mol. The van der Waals surface area contributed by atoms with Crippen molar-refractivity contribution in [3.8, 4) is 0 Å². The number of esters is 1. The second kappa shape index (κ2) is 21.5. The van der Waals surface area contributed by atoms with Gasteiger partial charge in [-0.25, -0.2) is 27.2 Å². The molecule has 0 aliphatic heterocycles. The molecule has 0 fully saturated rings. The smallest absolute Gasteiger partial charge is 0.417 e. The molecule has 0 unspecified atom stereocenters. The fourth-order valence-electron chi connectivity index (χ4n) is 5.83. The van der Waals surface area contributed by atoms with Gasteiger partial charge in [-0.1, -0.05) is 78.4 Å². The van der Waals surface area contributed by atoms with Gasteiger partial charge < -0.3 is 26.3 Å².